The summed E-state index contributed by atoms with van der Waals surface area (Å²) >= 11 is 0. The second-order valence-corrected chi connectivity index (χ2v) is 5.53. The molecular weight excluding hydrogens is 300 g/mol. The number of carbonyl (C=O) groups excluding carboxylic acids is 1. The zero-order chi connectivity index (χ0) is 16.1. The van der Waals surface area contributed by atoms with Crippen molar-refractivity contribution in [3.63, 3.8) is 0 Å². The molecular formula is C16H20N2O5. The Morgan fingerprint density at radius 1 is 1.35 bits per heavy atom. The molecule has 7 nitrogen and oxygen atoms in total. The van der Waals surface area contributed by atoms with Crippen LogP contribution in [0.4, 0.5) is 0 Å². The quantitative estimate of drug-likeness (QED) is 0.823. The molecule has 0 aliphatic carbocycles. The molecule has 0 spiro atoms. The van der Waals surface area contributed by atoms with Gasteiger partial charge in [0.05, 0.1) is 5.52 Å². The number of fused-ring (bicyclic) bond motifs is 1. The van der Waals surface area contributed by atoms with Crippen molar-refractivity contribution in [2.75, 3.05) is 6.61 Å². The summed E-state index contributed by atoms with van der Waals surface area (Å²) in [7, 11) is 0. The number of carbonyl (C=O) groups is 1. The summed E-state index contributed by atoms with van der Waals surface area (Å²) in [5, 5.41) is 0. The number of rotatable bonds is 6. The maximum absolute atomic E-state index is 11.8. The first kappa shape index (κ1) is 15.8. The van der Waals surface area contributed by atoms with Crippen LogP contribution in [0.1, 0.15) is 32.1 Å². The predicted octanol–water partition coefficient (Wildman–Crippen LogP) is 1.95. The molecule has 1 amide bonds. The molecule has 1 aliphatic heterocycles. The van der Waals surface area contributed by atoms with Gasteiger partial charge in [-0.15, -0.1) is 0 Å². The Hall–Kier alpha value is -2.12. The molecule has 1 N–H and O–H groups in total. The Morgan fingerprint density at radius 3 is 3.04 bits per heavy atom. The highest BCUT2D eigenvalue weighted by Crippen LogP contribution is 2.13. The maximum atomic E-state index is 11.8. The van der Waals surface area contributed by atoms with E-state index in [2.05, 4.69) is 5.48 Å². The fraction of sp³-hybridized carbons (Fsp3) is 0.500. The van der Waals surface area contributed by atoms with E-state index in [0.717, 1.165) is 24.8 Å². The molecule has 23 heavy (non-hydrogen) atoms. The van der Waals surface area contributed by atoms with E-state index in [1.165, 1.54) is 4.57 Å². The van der Waals surface area contributed by atoms with E-state index in [1.54, 1.807) is 6.07 Å². The molecule has 1 aromatic carbocycles. The third kappa shape index (κ3) is 4.00. The van der Waals surface area contributed by atoms with Crippen LogP contribution >= 0.6 is 0 Å². The van der Waals surface area contributed by atoms with Crippen LogP contribution in [0.5, 0.6) is 0 Å². The molecule has 0 radical (unpaired) electrons. The van der Waals surface area contributed by atoms with E-state index in [9.17, 15) is 9.59 Å². The van der Waals surface area contributed by atoms with Gasteiger partial charge in [-0.1, -0.05) is 12.1 Å². The van der Waals surface area contributed by atoms with Gasteiger partial charge in [-0.05, 0) is 31.4 Å². The van der Waals surface area contributed by atoms with Crippen LogP contribution in [0, 0.1) is 0 Å². The van der Waals surface area contributed by atoms with Crippen LogP contribution in [0.2, 0.25) is 0 Å². The molecule has 0 saturated carbocycles. The van der Waals surface area contributed by atoms with Gasteiger partial charge < -0.3 is 9.15 Å². The lowest BCUT2D eigenvalue weighted by Crippen LogP contribution is -2.33. The summed E-state index contributed by atoms with van der Waals surface area (Å²) in [5.74, 6) is -0.626. The number of nitrogens with one attached hydrogen (secondary N) is 1. The van der Waals surface area contributed by atoms with Crippen molar-refractivity contribution in [2.24, 2.45) is 0 Å². The summed E-state index contributed by atoms with van der Waals surface area (Å²) < 4.78 is 12.0. The minimum Gasteiger partial charge on any atom is -0.408 e. The predicted molar refractivity (Wildman–Crippen MR) is 82.5 cm³/mol. The molecule has 1 saturated heterocycles. The SMILES string of the molecule is O=C(CCCn1c(=O)oc2ccccc21)NOC1CCCCO1. The number of benzene rings is 1. The number of hydrogen-bond acceptors (Lipinski definition) is 5. The largest absolute Gasteiger partial charge is 0.419 e. The van der Waals surface area contributed by atoms with Gasteiger partial charge in [-0.3, -0.25) is 9.36 Å². The van der Waals surface area contributed by atoms with Gasteiger partial charge in [0.1, 0.15) is 0 Å². The molecule has 2 aromatic rings. The van der Waals surface area contributed by atoms with Crippen LogP contribution < -0.4 is 11.2 Å². The Morgan fingerprint density at radius 2 is 2.22 bits per heavy atom. The number of nitrogens with zero attached hydrogens (tertiary/aromatic N) is 1. The first-order chi connectivity index (χ1) is 11.2. The van der Waals surface area contributed by atoms with E-state index in [4.69, 9.17) is 14.0 Å². The molecule has 7 heteroatoms. The number of hydroxylamine groups is 1. The topological polar surface area (TPSA) is 82.7 Å². The van der Waals surface area contributed by atoms with Crippen LogP contribution in [-0.2, 0) is 20.9 Å². The highest BCUT2D eigenvalue weighted by molar-refractivity contribution is 5.75. The highest BCUT2D eigenvalue weighted by Gasteiger charge is 2.15. The zero-order valence-electron chi connectivity index (χ0n) is 12.8. The van der Waals surface area contributed by atoms with Gasteiger partial charge in [0, 0.05) is 26.0 Å². The monoisotopic (exact) mass is 320 g/mol. The zero-order valence-corrected chi connectivity index (χ0v) is 12.8. The Labute approximate surface area is 133 Å². The summed E-state index contributed by atoms with van der Waals surface area (Å²) in [4.78, 5) is 28.8. The lowest BCUT2D eigenvalue weighted by Gasteiger charge is -2.22. The number of aryl methyl sites for hydroxylation is 1. The maximum Gasteiger partial charge on any atom is 0.419 e. The van der Waals surface area contributed by atoms with Crippen LogP contribution in [0.15, 0.2) is 33.5 Å². The first-order valence-corrected chi connectivity index (χ1v) is 7.88. The molecule has 1 atom stereocenters. The fourth-order valence-corrected chi connectivity index (χ4v) is 2.61. The second kappa shape index (κ2) is 7.43. The highest BCUT2D eigenvalue weighted by atomic mass is 16.8. The van der Waals surface area contributed by atoms with E-state index in [1.807, 2.05) is 18.2 Å². The van der Waals surface area contributed by atoms with Crippen molar-refractivity contribution in [2.45, 2.75) is 44.9 Å². The van der Waals surface area contributed by atoms with Crippen molar-refractivity contribution in [3.05, 3.63) is 34.8 Å². The third-order valence-corrected chi connectivity index (χ3v) is 3.80. The molecule has 1 unspecified atom stereocenters. The fourth-order valence-electron chi connectivity index (χ4n) is 2.61. The molecule has 1 fully saturated rings. The summed E-state index contributed by atoms with van der Waals surface area (Å²) in [6, 6.07) is 7.23. The smallest absolute Gasteiger partial charge is 0.408 e. The minimum absolute atomic E-state index is 0.222. The number of hydrogen-bond donors (Lipinski definition) is 1. The van der Waals surface area contributed by atoms with Crippen LogP contribution in [-0.4, -0.2) is 23.4 Å². The second-order valence-electron chi connectivity index (χ2n) is 5.53. The van der Waals surface area contributed by atoms with E-state index >= 15 is 0 Å². The Kier molecular flexibility index (Phi) is 5.09. The minimum atomic E-state index is -0.404. The summed E-state index contributed by atoms with van der Waals surface area (Å²) in [5.41, 5.74) is 3.71. The van der Waals surface area contributed by atoms with Gasteiger partial charge in [0.25, 0.3) is 0 Å². The van der Waals surface area contributed by atoms with Gasteiger partial charge in [-0.25, -0.2) is 15.1 Å². The first-order valence-electron chi connectivity index (χ1n) is 7.88. The van der Waals surface area contributed by atoms with Gasteiger partial charge in [-0.2, -0.15) is 0 Å². The number of para-hydroxylation sites is 2. The lowest BCUT2D eigenvalue weighted by atomic mass is 10.2. The van der Waals surface area contributed by atoms with Crippen LogP contribution in [0.25, 0.3) is 11.1 Å². The molecule has 2 heterocycles. The van der Waals surface area contributed by atoms with Gasteiger partial charge >= 0.3 is 5.76 Å². The number of aromatic nitrogens is 1. The Bertz CT molecular complexity index is 715. The van der Waals surface area contributed by atoms with Gasteiger partial charge in [0.2, 0.25) is 5.91 Å². The van der Waals surface area contributed by atoms with Crippen molar-refractivity contribution in [3.8, 4) is 0 Å². The van der Waals surface area contributed by atoms with Crippen molar-refractivity contribution >= 4 is 17.0 Å². The average Bonchev–Trinajstić information content (AvgIpc) is 2.90. The average molecular weight is 320 g/mol. The lowest BCUT2D eigenvalue weighted by molar-refractivity contribution is -0.200. The van der Waals surface area contributed by atoms with E-state index < -0.39 is 5.76 Å². The van der Waals surface area contributed by atoms with Crippen LogP contribution in [0.3, 0.4) is 0 Å². The Balaban J connectivity index is 1.46. The van der Waals surface area contributed by atoms with Crippen molar-refractivity contribution in [1.29, 1.82) is 0 Å². The molecule has 1 aromatic heterocycles. The molecule has 124 valence electrons. The summed E-state index contributed by atoms with van der Waals surface area (Å²) in [6.07, 6.45) is 3.28. The van der Waals surface area contributed by atoms with E-state index in [0.29, 0.717) is 25.2 Å². The number of oxazole rings is 1. The standard InChI is InChI=1S/C16H20N2O5/c19-14(17-23-15-9-3-4-11-21-15)8-5-10-18-12-6-1-2-7-13(12)22-16(18)20/h1-2,6-7,15H,3-5,8-11H2,(H,17,19). The normalized spacial score (nSPS) is 18.2. The molecule has 0 bridgehead atoms. The molecule has 3 rings (SSSR count). The third-order valence-electron chi connectivity index (χ3n) is 3.80. The van der Waals surface area contributed by atoms with Crippen molar-refractivity contribution < 1.29 is 18.8 Å². The molecule has 1 aliphatic rings. The number of ether oxygens (including phenoxy) is 1. The summed E-state index contributed by atoms with van der Waals surface area (Å²) in [6.45, 7) is 1.08. The van der Waals surface area contributed by atoms with E-state index in [-0.39, 0.29) is 18.6 Å². The van der Waals surface area contributed by atoms with Crippen molar-refractivity contribution in [1.82, 2.24) is 10.0 Å². The van der Waals surface area contributed by atoms with Gasteiger partial charge in [0.15, 0.2) is 11.9 Å². The number of amides is 1.